The molecule has 1 aliphatic heterocycles. The SMILES string of the molecule is CN1CCN(Cn2c(C#N)c(-c3nn(C(=O)c4ccccc4Cl)c(NCc4ccc(Cl)s4)c3F)ccc2=O)CC1. The normalized spacial score (nSPS) is 14.3. The number of piperazine rings is 1. The monoisotopic (exact) mass is 599 g/mol. The Hall–Kier alpha value is -3.53. The van der Waals surface area contributed by atoms with Gasteiger partial charge in [-0.25, -0.2) is 4.39 Å². The summed E-state index contributed by atoms with van der Waals surface area (Å²) in [5, 5.41) is 17.5. The number of nitrogens with zero attached hydrogens (tertiary/aromatic N) is 6. The second-order valence-electron chi connectivity index (χ2n) is 9.30. The lowest BCUT2D eigenvalue weighted by Crippen LogP contribution is -2.46. The van der Waals surface area contributed by atoms with Gasteiger partial charge in [-0.1, -0.05) is 35.3 Å². The maximum atomic E-state index is 16.1. The van der Waals surface area contributed by atoms with E-state index in [1.54, 1.807) is 30.3 Å². The zero-order valence-corrected chi connectivity index (χ0v) is 23.7. The van der Waals surface area contributed by atoms with Gasteiger partial charge in [-0.15, -0.1) is 11.3 Å². The van der Waals surface area contributed by atoms with Crippen LogP contribution in [-0.2, 0) is 13.2 Å². The fourth-order valence-corrected chi connectivity index (χ4v) is 5.70. The molecule has 0 bridgehead atoms. The quantitative estimate of drug-likeness (QED) is 0.331. The molecule has 1 aromatic carbocycles. The molecule has 0 spiro atoms. The van der Waals surface area contributed by atoms with Crippen LogP contribution in [0.15, 0.2) is 53.3 Å². The summed E-state index contributed by atoms with van der Waals surface area (Å²) < 4.78 is 18.9. The minimum Gasteiger partial charge on any atom is -0.363 e. The molecule has 1 saturated heterocycles. The summed E-state index contributed by atoms with van der Waals surface area (Å²) >= 11 is 13.6. The van der Waals surface area contributed by atoms with Crippen LogP contribution >= 0.6 is 34.5 Å². The molecule has 0 saturated carbocycles. The van der Waals surface area contributed by atoms with Crippen molar-refractivity contribution in [3.05, 3.63) is 90.2 Å². The Morgan fingerprint density at radius 1 is 1.12 bits per heavy atom. The van der Waals surface area contributed by atoms with Gasteiger partial charge in [0.05, 0.1) is 28.1 Å². The van der Waals surface area contributed by atoms with Gasteiger partial charge in [-0.3, -0.25) is 19.1 Å². The van der Waals surface area contributed by atoms with E-state index in [-0.39, 0.29) is 52.1 Å². The number of nitrogens with one attached hydrogen (secondary N) is 1. The number of rotatable bonds is 7. The number of pyridine rings is 1. The van der Waals surface area contributed by atoms with Gasteiger partial charge in [0.1, 0.15) is 17.5 Å². The van der Waals surface area contributed by atoms with Crippen molar-refractivity contribution in [2.75, 3.05) is 38.5 Å². The van der Waals surface area contributed by atoms with E-state index in [9.17, 15) is 14.9 Å². The zero-order valence-electron chi connectivity index (χ0n) is 21.4. The average Bonchev–Trinajstić information content (AvgIpc) is 3.51. The van der Waals surface area contributed by atoms with Gasteiger partial charge in [-0.2, -0.15) is 15.0 Å². The number of anilines is 1. The minimum atomic E-state index is -0.843. The summed E-state index contributed by atoms with van der Waals surface area (Å²) in [5.41, 5.74) is -0.450. The molecule has 1 N–H and O–H groups in total. The van der Waals surface area contributed by atoms with E-state index < -0.39 is 11.7 Å². The second kappa shape index (κ2) is 11.9. The van der Waals surface area contributed by atoms with Crippen molar-refractivity contribution in [1.29, 1.82) is 5.26 Å². The van der Waals surface area contributed by atoms with Crippen molar-refractivity contribution in [1.82, 2.24) is 24.1 Å². The van der Waals surface area contributed by atoms with E-state index in [0.717, 1.165) is 22.6 Å². The smallest absolute Gasteiger partial charge is 0.281 e. The number of benzene rings is 1. The van der Waals surface area contributed by atoms with Crippen LogP contribution in [0.1, 0.15) is 20.9 Å². The Morgan fingerprint density at radius 2 is 1.88 bits per heavy atom. The zero-order chi connectivity index (χ0) is 28.4. The van der Waals surface area contributed by atoms with Gasteiger partial charge in [-0.05, 0) is 37.4 Å². The molecule has 1 aliphatic rings. The number of hydrogen-bond acceptors (Lipinski definition) is 8. The second-order valence-corrected chi connectivity index (χ2v) is 11.5. The number of likely N-dealkylation sites (N-methyl/N-ethyl adjacent to an activating group) is 1. The van der Waals surface area contributed by atoms with Gasteiger partial charge >= 0.3 is 0 Å². The summed E-state index contributed by atoms with van der Waals surface area (Å²) in [4.78, 5) is 31.4. The Morgan fingerprint density at radius 3 is 2.55 bits per heavy atom. The highest BCUT2D eigenvalue weighted by Crippen LogP contribution is 2.31. The predicted molar refractivity (Wildman–Crippen MR) is 154 cm³/mol. The molecule has 5 rings (SSSR count). The highest BCUT2D eigenvalue weighted by molar-refractivity contribution is 7.16. The van der Waals surface area contributed by atoms with Crippen molar-refractivity contribution in [3.8, 4) is 17.3 Å². The first-order chi connectivity index (χ1) is 19.3. The van der Waals surface area contributed by atoms with Crippen LogP contribution in [-0.4, -0.2) is 63.3 Å². The van der Waals surface area contributed by atoms with Crippen LogP contribution in [0.4, 0.5) is 10.2 Å². The Kier molecular flexibility index (Phi) is 8.35. The molecule has 0 radical (unpaired) electrons. The van der Waals surface area contributed by atoms with Crippen LogP contribution in [0.2, 0.25) is 9.36 Å². The van der Waals surface area contributed by atoms with Crippen molar-refractivity contribution in [2.24, 2.45) is 0 Å². The lowest BCUT2D eigenvalue weighted by atomic mass is 10.1. The first kappa shape index (κ1) is 28.0. The fourth-order valence-electron chi connectivity index (χ4n) is 4.46. The van der Waals surface area contributed by atoms with Crippen molar-refractivity contribution in [2.45, 2.75) is 13.2 Å². The number of halogens is 3. The topological polar surface area (TPSA) is 99.2 Å². The number of carbonyl (C=O) groups excluding carboxylic acids is 1. The van der Waals surface area contributed by atoms with Crippen LogP contribution in [0.3, 0.4) is 0 Å². The third kappa shape index (κ3) is 5.68. The molecule has 40 heavy (non-hydrogen) atoms. The van der Waals surface area contributed by atoms with Gasteiger partial charge in [0.15, 0.2) is 11.6 Å². The van der Waals surface area contributed by atoms with Gasteiger partial charge in [0.25, 0.3) is 11.5 Å². The molecule has 0 aliphatic carbocycles. The highest BCUT2D eigenvalue weighted by atomic mass is 35.5. The maximum Gasteiger partial charge on any atom is 0.281 e. The molecular formula is C27H24Cl2FN7O2S. The highest BCUT2D eigenvalue weighted by Gasteiger charge is 2.28. The van der Waals surface area contributed by atoms with E-state index in [1.165, 1.54) is 34.1 Å². The molecule has 206 valence electrons. The molecule has 13 heteroatoms. The summed E-state index contributed by atoms with van der Waals surface area (Å²) in [6, 6.07) is 14.6. The number of hydrogen-bond donors (Lipinski definition) is 1. The van der Waals surface area contributed by atoms with Crippen LogP contribution in [0.25, 0.3) is 11.3 Å². The molecular weight excluding hydrogens is 576 g/mol. The average molecular weight is 601 g/mol. The molecule has 9 nitrogen and oxygen atoms in total. The van der Waals surface area contributed by atoms with Gasteiger partial charge in [0.2, 0.25) is 0 Å². The van der Waals surface area contributed by atoms with E-state index in [4.69, 9.17) is 23.2 Å². The number of nitriles is 1. The van der Waals surface area contributed by atoms with Crippen molar-refractivity contribution in [3.63, 3.8) is 0 Å². The van der Waals surface area contributed by atoms with Gasteiger partial charge < -0.3 is 10.2 Å². The van der Waals surface area contributed by atoms with E-state index in [1.807, 2.05) is 7.05 Å². The number of carbonyl (C=O) groups is 1. The first-order valence-corrected chi connectivity index (χ1v) is 13.9. The predicted octanol–water partition coefficient (Wildman–Crippen LogP) is 4.60. The maximum absolute atomic E-state index is 16.1. The third-order valence-electron chi connectivity index (χ3n) is 6.67. The lowest BCUT2D eigenvalue weighted by Gasteiger charge is -2.32. The molecule has 0 amide bonds. The summed E-state index contributed by atoms with van der Waals surface area (Å²) in [6.07, 6.45) is 0. The largest absolute Gasteiger partial charge is 0.363 e. The fraction of sp³-hybridized carbons (Fsp3) is 0.259. The molecule has 3 aromatic heterocycles. The third-order valence-corrected chi connectivity index (χ3v) is 8.23. The number of thiophene rings is 1. The molecule has 4 aromatic rings. The lowest BCUT2D eigenvalue weighted by molar-refractivity contribution is 0.0947. The molecule has 1 fully saturated rings. The summed E-state index contributed by atoms with van der Waals surface area (Å²) in [6.45, 7) is 3.42. The molecule has 0 unspecified atom stereocenters. The van der Waals surface area contributed by atoms with Crippen molar-refractivity contribution >= 4 is 46.3 Å². The Balaban J connectivity index is 1.59. The van der Waals surface area contributed by atoms with Crippen molar-refractivity contribution < 1.29 is 9.18 Å². The molecule has 0 atom stereocenters. The van der Waals surface area contributed by atoms with E-state index >= 15 is 4.39 Å². The Bertz CT molecular complexity index is 1670. The standard InChI is InChI=1S/C27H24Cl2FN7O2S/c1-34-10-12-35(13-11-34)16-36-21(14-31)19(7-9-23(36)38)25-24(30)26(32-15-17-6-8-22(29)40-17)37(33-25)27(39)18-4-2-3-5-20(18)28/h2-9,32H,10-13,15-16H2,1H3. The Labute approximate surface area is 243 Å². The van der Waals surface area contributed by atoms with Crippen LogP contribution < -0.4 is 10.9 Å². The minimum absolute atomic E-state index is 0.0447. The van der Waals surface area contributed by atoms with Crippen LogP contribution in [0, 0.1) is 17.1 Å². The van der Waals surface area contributed by atoms with E-state index in [0.29, 0.717) is 17.4 Å². The summed E-state index contributed by atoms with van der Waals surface area (Å²) in [5.74, 6) is -1.71. The number of aromatic nitrogens is 3. The summed E-state index contributed by atoms with van der Waals surface area (Å²) in [7, 11) is 2.02. The first-order valence-electron chi connectivity index (χ1n) is 12.4. The van der Waals surface area contributed by atoms with Crippen LogP contribution in [0.5, 0.6) is 0 Å². The van der Waals surface area contributed by atoms with Gasteiger partial charge in [0, 0.05) is 42.7 Å². The molecule has 4 heterocycles. The van der Waals surface area contributed by atoms with E-state index in [2.05, 4.69) is 26.3 Å².